The highest BCUT2D eigenvalue weighted by atomic mass is 32.2. The van der Waals surface area contributed by atoms with Crippen molar-refractivity contribution < 1.29 is 22.0 Å². The quantitative estimate of drug-likeness (QED) is 0.789. The van der Waals surface area contributed by atoms with Crippen LogP contribution in [0.2, 0.25) is 0 Å². The van der Waals surface area contributed by atoms with E-state index in [-0.39, 0.29) is 25.0 Å². The van der Waals surface area contributed by atoms with E-state index in [2.05, 4.69) is 0 Å². The number of hydrogen-bond donors (Lipinski definition) is 0. The highest BCUT2D eigenvalue weighted by Crippen LogP contribution is 2.23. The zero-order valence-electron chi connectivity index (χ0n) is 13.3. The molecule has 6 nitrogen and oxygen atoms in total. The van der Waals surface area contributed by atoms with Gasteiger partial charge in [-0.3, -0.25) is 9.69 Å². The van der Waals surface area contributed by atoms with Gasteiger partial charge < -0.3 is 4.90 Å². The molecule has 1 aromatic carbocycles. The number of likely N-dealkylation sites (N-methyl/N-ethyl adjacent to an activating group) is 1. The molecule has 132 valence electrons. The summed E-state index contributed by atoms with van der Waals surface area (Å²) in [5.41, 5.74) is 0. The van der Waals surface area contributed by atoms with E-state index in [9.17, 15) is 22.0 Å². The Kier molecular flexibility index (Phi) is 4.58. The lowest BCUT2D eigenvalue weighted by molar-refractivity contribution is -0.131. The Balaban J connectivity index is 1.71. The Morgan fingerprint density at radius 1 is 1.08 bits per heavy atom. The maximum Gasteiger partial charge on any atom is 0.246 e. The Hall–Kier alpha value is -1.58. The van der Waals surface area contributed by atoms with Crippen LogP contribution >= 0.6 is 0 Å². The van der Waals surface area contributed by atoms with Gasteiger partial charge in [-0.2, -0.15) is 4.31 Å². The summed E-state index contributed by atoms with van der Waals surface area (Å²) in [5, 5.41) is 0. The van der Waals surface area contributed by atoms with E-state index >= 15 is 0 Å². The smallest absolute Gasteiger partial charge is 0.246 e. The van der Waals surface area contributed by atoms with Gasteiger partial charge in [0.25, 0.3) is 0 Å². The van der Waals surface area contributed by atoms with E-state index in [4.69, 9.17) is 0 Å². The van der Waals surface area contributed by atoms with Crippen LogP contribution in [0.15, 0.2) is 23.1 Å². The molecule has 0 radical (unpaired) electrons. The Bertz CT molecular complexity index is 748. The normalized spacial score (nSPS) is 23.9. The number of benzene rings is 1. The Morgan fingerprint density at radius 3 is 2.29 bits per heavy atom. The summed E-state index contributed by atoms with van der Waals surface area (Å²) in [5.74, 6) is -1.86. The first-order chi connectivity index (χ1) is 11.3. The lowest BCUT2D eigenvalue weighted by Gasteiger charge is -2.36. The van der Waals surface area contributed by atoms with Gasteiger partial charge in [-0.25, -0.2) is 17.2 Å². The van der Waals surface area contributed by atoms with Gasteiger partial charge in [0.1, 0.15) is 16.5 Å². The minimum absolute atomic E-state index is 0.0517. The molecule has 1 unspecified atom stereocenters. The fourth-order valence-corrected chi connectivity index (χ4v) is 4.69. The van der Waals surface area contributed by atoms with Crippen molar-refractivity contribution in [1.29, 1.82) is 0 Å². The number of piperazine rings is 1. The van der Waals surface area contributed by atoms with Gasteiger partial charge in [0, 0.05) is 45.8 Å². The molecule has 1 aromatic rings. The van der Waals surface area contributed by atoms with Crippen LogP contribution in [-0.4, -0.2) is 74.2 Å². The van der Waals surface area contributed by atoms with Crippen molar-refractivity contribution in [2.75, 3.05) is 39.8 Å². The zero-order chi connectivity index (χ0) is 17.5. The van der Waals surface area contributed by atoms with E-state index in [0.29, 0.717) is 25.7 Å². The SMILES string of the molecule is CN1CCC(N2CCN(S(=O)(=O)c3ccc(F)cc3F)CC2)C1=O. The van der Waals surface area contributed by atoms with Crippen LogP contribution in [0.5, 0.6) is 0 Å². The summed E-state index contributed by atoms with van der Waals surface area (Å²) in [6.07, 6.45) is 0.731. The van der Waals surface area contributed by atoms with Crippen molar-refractivity contribution in [3.63, 3.8) is 0 Å². The second kappa shape index (κ2) is 6.38. The third-order valence-corrected chi connectivity index (χ3v) is 6.56. The van der Waals surface area contributed by atoms with Crippen molar-refractivity contribution in [3.8, 4) is 0 Å². The van der Waals surface area contributed by atoms with Crippen molar-refractivity contribution in [2.24, 2.45) is 0 Å². The zero-order valence-corrected chi connectivity index (χ0v) is 14.1. The van der Waals surface area contributed by atoms with Crippen molar-refractivity contribution >= 4 is 15.9 Å². The molecule has 3 rings (SSSR count). The number of amides is 1. The standard InChI is InChI=1S/C15H19F2N3O3S/c1-18-5-4-13(15(18)21)19-6-8-20(9-7-19)24(22,23)14-3-2-11(16)10-12(14)17/h2-3,10,13H,4-9H2,1H3. The monoisotopic (exact) mass is 359 g/mol. The van der Waals surface area contributed by atoms with Crippen LogP contribution in [-0.2, 0) is 14.8 Å². The first-order valence-corrected chi connectivity index (χ1v) is 9.19. The van der Waals surface area contributed by atoms with Crippen molar-refractivity contribution in [1.82, 2.24) is 14.1 Å². The first kappa shape index (κ1) is 17.2. The number of halogens is 2. The van der Waals surface area contributed by atoms with Crippen molar-refractivity contribution in [2.45, 2.75) is 17.4 Å². The third-order valence-electron chi connectivity index (χ3n) is 4.62. The Labute approximate surface area is 139 Å². The summed E-state index contributed by atoms with van der Waals surface area (Å²) in [7, 11) is -2.26. The van der Waals surface area contributed by atoms with E-state index < -0.39 is 26.6 Å². The number of rotatable bonds is 3. The van der Waals surface area contributed by atoms with Crippen LogP contribution in [0.1, 0.15) is 6.42 Å². The maximum atomic E-state index is 13.8. The number of carbonyl (C=O) groups excluding carboxylic acids is 1. The molecule has 0 spiro atoms. The summed E-state index contributed by atoms with van der Waals surface area (Å²) in [6.45, 7) is 1.86. The van der Waals surface area contributed by atoms with Gasteiger partial charge >= 0.3 is 0 Å². The van der Waals surface area contributed by atoms with E-state index in [1.165, 1.54) is 4.31 Å². The first-order valence-electron chi connectivity index (χ1n) is 7.75. The fraction of sp³-hybridized carbons (Fsp3) is 0.533. The molecule has 2 saturated heterocycles. The maximum absolute atomic E-state index is 13.8. The van der Waals surface area contributed by atoms with Crippen LogP contribution in [0, 0.1) is 11.6 Å². The molecular weight excluding hydrogens is 340 g/mol. The highest BCUT2D eigenvalue weighted by molar-refractivity contribution is 7.89. The highest BCUT2D eigenvalue weighted by Gasteiger charge is 2.38. The second-order valence-corrected chi connectivity index (χ2v) is 7.99. The average Bonchev–Trinajstić information content (AvgIpc) is 2.87. The molecular formula is C15H19F2N3O3S. The summed E-state index contributed by atoms with van der Waals surface area (Å²) in [4.78, 5) is 15.2. The predicted octanol–water partition coefficient (Wildman–Crippen LogP) is 0.502. The van der Waals surface area contributed by atoms with Crippen LogP contribution in [0.25, 0.3) is 0 Å². The van der Waals surface area contributed by atoms with Gasteiger partial charge in [-0.05, 0) is 18.6 Å². The number of likely N-dealkylation sites (tertiary alicyclic amines) is 1. The minimum atomic E-state index is -4.01. The minimum Gasteiger partial charge on any atom is -0.344 e. The Morgan fingerprint density at radius 2 is 1.75 bits per heavy atom. The average molecular weight is 359 g/mol. The van der Waals surface area contributed by atoms with Crippen LogP contribution in [0.3, 0.4) is 0 Å². The molecule has 2 aliphatic heterocycles. The summed E-state index contributed by atoms with van der Waals surface area (Å²) in [6, 6.07) is 2.24. The van der Waals surface area contributed by atoms with Gasteiger partial charge in [-0.1, -0.05) is 0 Å². The van der Waals surface area contributed by atoms with Crippen LogP contribution < -0.4 is 0 Å². The molecule has 0 aliphatic carbocycles. The van der Waals surface area contributed by atoms with E-state index in [1.54, 1.807) is 11.9 Å². The lowest BCUT2D eigenvalue weighted by Crippen LogP contribution is -2.53. The molecule has 2 heterocycles. The summed E-state index contributed by atoms with van der Waals surface area (Å²) < 4.78 is 53.0. The molecule has 9 heteroatoms. The topological polar surface area (TPSA) is 60.9 Å². The third kappa shape index (κ3) is 3.03. The molecule has 0 saturated carbocycles. The van der Waals surface area contributed by atoms with Gasteiger partial charge in [-0.15, -0.1) is 0 Å². The lowest BCUT2D eigenvalue weighted by atomic mass is 10.2. The van der Waals surface area contributed by atoms with Gasteiger partial charge in [0.2, 0.25) is 15.9 Å². The molecule has 1 amide bonds. The molecule has 0 aromatic heterocycles. The summed E-state index contributed by atoms with van der Waals surface area (Å²) >= 11 is 0. The van der Waals surface area contributed by atoms with Gasteiger partial charge in [0.15, 0.2) is 0 Å². The molecule has 2 fully saturated rings. The number of sulfonamides is 1. The molecule has 1 atom stereocenters. The van der Waals surface area contributed by atoms with Crippen LogP contribution in [0.4, 0.5) is 8.78 Å². The van der Waals surface area contributed by atoms with Crippen molar-refractivity contribution in [3.05, 3.63) is 29.8 Å². The number of hydrogen-bond acceptors (Lipinski definition) is 4. The second-order valence-electron chi connectivity index (χ2n) is 6.08. The number of carbonyl (C=O) groups is 1. The molecule has 24 heavy (non-hydrogen) atoms. The molecule has 0 bridgehead atoms. The van der Waals surface area contributed by atoms with E-state index in [0.717, 1.165) is 18.6 Å². The number of nitrogens with zero attached hydrogens (tertiary/aromatic N) is 3. The predicted molar refractivity (Wildman–Crippen MR) is 82.7 cm³/mol. The largest absolute Gasteiger partial charge is 0.344 e. The molecule has 2 aliphatic rings. The van der Waals surface area contributed by atoms with Gasteiger partial charge in [0.05, 0.1) is 6.04 Å². The fourth-order valence-electron chi connectivity index (χ4n) is 3.22. The van der Waals surface area contributed by atoms with E-state index in [1.807, 2.05) is 4.90 Å². The molecule has 0 N–H and O–H groups in total.